The highest BCUT2D eigenvalue weighted by Gasteiger charge is 2.17. The van der Waals surface area contributed by atoms with Crippen molar-refractivity contribution in [2.45, 2.75) is 6.92 Å². The van der Waals surface area contributed by atoms with E-state index in [2.05, 4.69) is 9.97 Å². The van der Waals surface area contributed by atoms with Crippen molar-refractivity contribution in [2.24, 2.45) is 0 Å². The van der Waals surface area contributed by atoms with E-state index >= 15 is 0 Å². The van der Waals surface area contributed by atoms with Crippen LogP contribution in [0.2, 0.25) is 0 Å². The van der Waals surface area contributed by atoms with Gasteiger partial charge in [-0.2, -0.15) is 0 Å². The summed E-state index contributed by atoms with van der Waals surface area (Å²) in [7, 11) is 1.48. The minimum absolute atomic E-state index is 0.00371. The number of halogens is 1. The molecule has 146 valence electrons. The molecule has 4 aromatic rings. The van der Waals surface area contributed by atoms with Gasteiger partial charge >= 0.3 is 0 Å². The maximum Gasteiger partial charge on any atom is 0.260 e. The summed E-state index contributed by atoms with van der Waals surface area (Å²) in [6, 6.07) is 14.7. The van der Waals surface area contributed by atoms with Gasteiger partial charge in [-0.15, -0.1) is 11.3 Å². The Morgan fingerprint density at radius 1 is 1.24 bits per heavy atom. The van der Waals surface area contributed by atoms with Gasteiger partial charge in [0.25, 0.3) is 5.56 Å². The molecule has 0 radical (unpaired) electrons. The molecule has 2 aromatic heterocycles. The molecule has 4 rings (SSSR count). The molecule has 0 unspecified atom stereocenters. The zero-order valence-corrected chi connectivity index (χ0v) is 17.3. The molecule has 0 aliphatic heterocycles. The van der Waals surface area contributed by atoms with E-state index < -0.39 is 0 Å². The third-order valence-electron chi connectivity index (χ3n) is 4.52. The molecule has 2 heterocycles. The number of rotatable bonds is 4. The number of aromatic hydroxyl groups is 1. The molecular formula is C22H17ClN2O3S. The number of hydrogen-bond donors (Lipinski definition) is 2. The smallest absolute Gasteiger partial charge is 0.260 e. The van der Waals surface area contributed by atoms with Gasteiger partial charge in [0.05, 0.1) is 17.5 Å². The van der Waals surface area contributed by atoms with Crippen LogP contribution in [0, 0.1) is 6.92 Å². The van der Waals surface area contributed by atoms with Gasteiger partial charge in [0.1, 0.15) is 4.83 Å². The van der Waals surface area contributed by atoms with Gasteiger partial charge in [-0.1, -0.05) is 48.0 Å². The van der Waals surface area contributed by atoms with Crippen molar-refractivity contribution in [3.63, 3.8) is 0 Å². The first-order valence-corrected chi connectivity index (χ1v) is 10.0. The molecule has 0 fully saturated rings. The van der Waals surface area contributed by atoms with E-state index in [1.807, 2.05) is 37.3 Å². The predicted molar refractivity (Wildman–Crippen MR) is 119 cm³/mol. The number of aromatic amines is 1. The van der Waals surface area contributed by atoms with Gasteiger partial charge in [-0.05, 0) is 36.3 Å². The zero-order chi connectivity index (χ0) is 20.5. The quantitative estimate of drug-likeness (QED) is 0.459. The molecule has 5 nitrogen and oxygen atoms in total. The Hall–Kier alpha value is -3.09. The summed E-state index contributed by atoms with van der Waals surface area (Å²) in [6.45, 7) is 1.98. The highest BCUT2D eigenvalue weighted by Crippen LogP contribution is 2.36. The summed E-state index contributed by atoms with van der Waals surface area (Å²) in [6.07, 6.45) is 1.63. The molecule has 2 N–H and O–H groups in total. The van der Waals surface area contributed by atoms with Crippen molar-refractivity contribution >= 4 is 44.3 Å². The molecule has 29 heavy (non-hydrogen) atoms. The largest absolute Gasteiger partial charge is 0.504 e. The summed E-state index contributed by atoms with van der Waals surface area (Å²) in [5.41, 5.74) is 2.29. The molecule has 7 heteroatoms. The fourth-order valence-corrected chi connectivity index (χ4v) is 4.46. The summed E-state index contributed by atoms with van der Waals surface area (Å²) in [4.78, 5) is 21.9. The Labute approximate surface area is 175 Å². The minimum Gasteiger partial charge on any atom is -0.504 e. The van der Waals surface area contributed by atoms with E-state index in [1.54, 1.807) is 18.2 Å². The first-order chi connectivity index (χ1) is 14.0. The number of methoxy groups -OCH3 is 1. The van der Waals surface area contributed by atoms with Crippen molar-refractivity contribution < 1.29 is 9.84 Å². The number of nitrogens with one attached hydrogen (secondary N) is 1. The molecule has 0 spiro atoms. The number of fused-ring (bicyclic) bond motifs is 1. The number of benzene rings is 2. The molecule has 0 amide bonds. The van der Waals surface area contributed by atoms with Gasteiger partial charge < -0.3 is 14.8 Å². The molecule has 2 aromatic carbocycles. The second-order valence-corrected chi connectivity index (χ2v) is 8.03. The van der Waals surface area contributed by atoms with Crippen LogP contribution in [0.25, 0.3) is 32.5 Å². The van der Waals surface area contributed by atoms with E-state index in [4.69, 9.17) is 16.3 Å². The number of aryl methyl sites for hydroxylation is 1. The summed E-state index contributed by atoms with van der Waals surface area (Å²) >= 11 is 7.88. The zero-order valence-electron chi connectivity index (χ0n) is 15.7. The van der Waals surface area contributed by atoms with Gasteiger partial charge in [-0.3, -0.25) is 4.79 Å². The van der Waals surface area contributed by atoms with E-state index in [-0.39, 0.29) is 22.2 Å². The number of phenols is 1. The van der Waals surface area contributed by atoms with Crippen LogP contribution in [0.3, 0.4) is 0 Å². The Kier molecular flexibility index (Phi) is 5.13. The van der Waals surface area contributed by atoms with Crippen LogP contribution in [-0.2, 0) is 0 Å². The summed E-state index contributed by atoms with van der Waals surface area (Å²) in [5, 5.41) is 10.8. The Morgan fingerprint density at radius 2 is 2.00 bits per heavy atom. The van der Waals surface area contributed by atoms with Crippen molar-refractivity contribution in [1.82, 2.24) is 9.97 Å². The first kappa shape index (κ1) is 19.2. The fraction of sp³-hybridized carbons (Fsp3) is 0.0909. The monoisotopic (exact) mass is 424 g/mol. The number of aromatic nitrogens is 2. The molecular weight excluding hydrogens is 408 g/mol. The Balaban J connectivity index is 1.80. The standard InChI is InChI=1S/C22H17ClN2O3S/c1-12-18(14-6-4-3-5-7-14)19-21(27)24-20(25-22(19)29-12)15(23)10-13-8-9-17(28-2)16(26)11-13/h3-11,26H,1-2H3,(H,24,25,27). The number of H-pyrrole nitrogens is 1. The predicted octanol–water partition coefficient (Wildman–Crippen LogP) is 5.41. The lowest BCUT2D eigenvalue weighted by Gasteiger charge is -2.05. The minimum atomic E-state index is -0.239. The van der Waals surface area contributed by atoms with Gasteiger partial charge in [0.2, 0.25) is 0 Å². The molecule has 0 saturated carbocycles. The lowest BCUT2D eigenvalue weighted by molar-refractivity contribution is 0.373. The number of thiophene rings is 1. The number of phenolic OH excluding ortho intramolecular Hbond substituents is 1. The molecule has 0 aliphatic carbocycles. The second-order valence-electron chi connectivity index (χ2n) is 6.42. The van der Waals surface area contributed by atoms with Crippen LogP contribution in [-0.4, -0.2) is 22.2 Å². The fourth-order valence-electron chi connectivity index (χ4n) is 3.20. The van der Waals surface area contributed by atoms with Crippen molar-refractivity contribution in [2.75, 3.05) is 7.11 Å². The summed E-state index contributed by atoms with van der Waals surface area (Å²) in [5.74, 6) is 0.651. The van der Waals surface area contributed by atoms with Crippen LogP contribution >= 0.6 is 22.9 Å². The maximum atomic E-state index is 12.9. The van der Waals surface area contributed by atoms with E-state index in [9.17, 15) is 9.90 Å². The molecule has 0 aliphatic rings. The van der Waals surface area contributed by atoms with Crippen LogP contribution in [0.4, 0.5) is 0 Å². The Bertz CT molecular complexity index is 1290. The van der Waals surface area contributed by atoms with E-state index in [0.29, 0.717) is 21.5 Å². The van der Waals surface area contributed by atoms with Crippen molar-refractivity contribution in [3.8, 4) is 22.6 Å². The maximum absolute atomic E-state index is 12.9. The molecule has 0 saturated heterocycles. The Morgan fingerprint density at radius 3 is 2.69 bits per heavy atom. The normalized spacial score (nSPS) is 11.8. The second kappa shape index (κ2) is 7.73. The average Bonchev–Trinajstić information content (AvgIpc) is 3.05. The third kappa shape index (κ3) is 3.64. The molecule has 0 atom stereocenters. The van der Waals surface area contributed by atoms with E-state index in [0.717, 1.165) is 16.0 Å². The van der Waals surface area contributed by atoms with Gasteiger partial charge in [0.15, 0.2) is 17.3 Å². The van der Waals surface area contributed by atoms with Crippen LogP contribution < -0.4 is 10.3 Å². The highest BCUT2D eigenvalue weighted by atomic mass is 35.5. The molecule has 0 bridgehead atoms. The average molecular weight is 425 g/mol. The number of nitrogens with zero attached hydrogens (tertiary/aromatic N) is 1. The van der Waals surface area contributed by atoms with Gasteiger partial charge in [-0.25, -0.2) is 4.98 Å². The van der Waals surface area contributed by atoms with E-state index in [1.165, 1.54) is 24.5 Å². The third-order valence-corrected chi connectivity index (χ3v) is 5.81. The van der Waals surface area contributed by atoms with Crippen molar-refractivity contribution in [3.05, 3.63) is 75.1 Å². The van der Waals surface area contributed by atoms with Crippen LogP contribution in [0.15, 0.2) is 53.3 Å². The highest BCUT2D eigenvalue weighted by molar-refractivity contribution is 7.19. The van der Waals surface area contributed by atoms with Gasteiger partial charge in [0, 0.05) is 10.4 Å². The lowest BCUT2D eigenvalue weighted by atomic mass is 10.0. The van der Waals surface area contributed by atoms with Crippen LogP contribution in [0.1, 0.15) is 16.3 Å². The SMILES string of the molecule is COc1ccc(C=C(Cl)c2nc3sc(C)c(-c4ccccc4)c3c(=O)[nH]2)cc1O. The number of hydrogen-bond acceptors (Lipinski definition) is 5. The van der Waals surface area contributed by atoms with Crippen LogP contribution in [0.5, 0.6) is 11.5 Å². The first-order valence-electron chi connectivity index (χ1n) is 8.81. The topological polar surface area (TPSA) is 75.2 Å². The number of ether oxygens (including phenoxy) is 1. The lowest BCUT2D eigenvalue weighted by Crippen LogP contribution is -2.10. The summed E-state index contributed by atoms with van der Waals surface area (Å²) < 4.78 is 5.04. The van der Waals surface area contributed by atoms with Crippen molar-refractivity contribution in [1.29, 1.82) is 0 Å².